The fraction of sp³-hybridized carbons (Fsp3) is 0.471. The molecule has 2 aromatic rings. The summed E-state index contributed by atoms with van der Waals surface area (Å²) in [6, 6.07) is 4.94. The molecule has 7 nitrogen and oxygen atoms in total. The molecule has 1 N–H and O–H groups in total. The van der Waals surface area contributed by atoms with Gasteiger partial charge in [0.2, 0.25) is 0 Å². The van der Waals surface area contributed by atoms with Crippen LogP contribution < -0.4 is 14.8 Å². The second kappa shape index (κ2) is 6.90. The molecular weight excluding hydrogens is 308 g/mol. The largest absolute Gasteiger partial charge is 0.493 e. The van der Waals surface area contributed by atoms with Crippen LogP contribution in [0.5, 0.6) is 11.5 Å². The Balaban J connectivity index is 1.74. The third-order valence-electron chi connectivity index (χ3n) is 4.10. The Kier molecular flexibility index (Phi) is 4.69. The zero-order valence-corrected chi connectivity index (χ0v) is 14.2. The van der Waals surface area contributed by atoms with Crippen LogP contribution >= 0.6 is 0 Å². The van der Waals surface area contributed by atoms with Crippen molar-refractivity contribution in [1.82, 2.24) is 20.1 Å². The predicted octanol–water partition coefficient (Wildman–Crippen LogP) is 2.12. The molecule has 0 saturated heterocycles. The minimum atomic E-state index is -0.214. The lowest BCUT2D eigenvalue weighted by Crippen LogP contribution is -2.28. The van der Waals surface area contributed by atoms with Crippen molar-refractivity contribution in [2.45, 2.75) is 39.3 Å². The fourth-order valence-corrected chi connectivity index (χ4v) is 2.92. The normalized spacial score (nSPS) is 14.1. The van der Waals surface area contributed by atoms with Gasteiger partial charge in [0.25, 0.3) is 5.91 Å². The van der Waals surface area contributed by atoms with Crippen LogP contribution in [-0.2, 0) is 13.0 Å². The smallest absolute Gasteiger partial charge is 0.252 e. The van der Waals surface area contributed by atoms with E-state index in [2.05, 4.69) is 20.1 Å². The number of fused-ring (bicyclic) bond motifs is 1. The predicted molar refractivity (Wildman–Crippen MR) is 88.4 cm³/mol. The van der Waals surface area contributed by atoms with Gasteiger partial charge in [0, 0.05) is 18.5 Å². The minimum absolute atomic E-state index is 0.181. The van der Waals surface area contributed by atoms with Gasteiger partial charge < -0.3 is 19.4 Å². The molecule has 1 aliphatic rings. The Morgan fingerprint density at radius 3 is 2.96 bits per heavy atom. The number of carbonyl (C=O) groups excluding carboxylic acids is 1. The highest BCUT2D eigenvalue weighted by molar-refractivity contribution is 5.95. The van der Waals surface area contributed by atoms with Gasteiger partial charge in [0.1, 0.15) is 5.82 Å². The molecule has 2 heterocycles. The van der Waals surface area contributed by atoms with E-state index >= 15 is 0 Å². The SMILES string of the molecule is CCOc1ccc(C(=O)NC(C)c2nnc3n2CCC3)cc1OC. The van der Waals surface area contributed by atoms with Gasteiger partial charge in [-0.05, 0) is 38.5 Å². The number of benzene rings is 1. The van der Waals surface area contributed by atoms with Gasteiger partial charge in [-0.3, -0.25) is 4.79 Å². The number of methoxy groups -OCH3 is 1. The van der Waals surface area contributed by atoms with Crippen molar-refractivity contribution in [1.29, 1.82) is 0 Å². The number of ether oxygens (including phenoxy) is 2. The molecule has 1 atom stereocenters. The Labute approximate surface area is 141 Å². The maximum Gasteiger partial charge on any atom is 0.252 e. The average Bonchev–Trinajstić information content (AvgIpc) is 3.18. The van der Waals surface area contributed by atoms with Crippen molar-refractivity contribution in [3.63, 3.8) is 0 Å². The van der Waals surface area contributed by atoms with E-state index in [9.17, 15) is 4.79 Å². The number of rotatable bonds is 6. The quantitative estimate of drug-likeness (QED) is 0.878. The molecule has 1 aromatic carbocycles. The number of hydrogen-bond donors (Lipinski definition) is 1. The fourth-order valence-electron chi connectivity index (χ4n) is 2.92. The number of amides is 1. The van der Waals surface area contributed by atoms with Gasteiger partial charge in [-0.2, -0.15) is 0 Å². The monoisotopic (exact) mass is 330 g/mol. The Morgan fingerprint density at radius 2 is 2.21 bits per heavy atom. The van der Waals surface area contributed by atoms with Crippen molar-refractivity contribution in [2.24, 2.45) is 0 Å². The molecule has 128 valence electrons. The number of hydrogen-bond acceptors (Lipinski definition) is 5. The summed E-state index contributed by atoms with van der Waals surface area (Å²) in [5.74, 6) is 2.78. The standard InChI is InChI=1S/C17H22N4O3/c1-4-24-13-8-7-12(10-14(13)23-3)17(22)18-11(2)16-20-19-15-6-5-9-21(15)16/h7-8,10-11H,4-6,9H2,1-3H3,(H,18,22). The van der Waals surface area contributed by atoms with E-state index in [-0.39, 0.29) is 11.9 Å². The summed E-state index contributed by atoms with van der Waals surface area (Å²) < 4.78 is 12.9. The zero-order valence-electron chi connectivity index (χ0n) is 14.2. The van der Waals surface area contributed by atoms with Crippen LogP contribution in [0.2, 0.25) is 0 Å². The first-order valence-corrected chi connectivity index (χ1v) is 8.17. The lowest BCUT2D eigenvalue weighted by Gasteiger charge is -2.15. The summed E-state index contributed by atoms with van der Waals surface area (Å²) in [6.07, 6.45) is 2.03. The van der Waals surface area contributed by atoms with Crippen LogP contribution in [0.1, 0.15) is 48.3 Å². The lowest BCUT2D eigenvalue weighted by atomic mass is 10.1. The van der Waals surface area contributed by atoms with Crippen LogP contribution in [0.25, 0.3) is 0 Å². The number of nitrogens with one attached hydrogen (secondary N) is 1. The van der Waals surface area contributed by atoms with Crippen molar-refractivity contribution in [3.05, 3.63) is 35.4 Å². The van der Waals surface area contributed by atoms with Crippen molar-refractivity contribution < 1.29 is 14.3 Å². The summed E-state index contributed by atoms with van der Waals surface area (Å²) in [7, 11) is 1.56. The van der Waals surface area contributed by atoms with Gasteiger partial charge in [-0.1, -0.05) is 0 Å². The van der Waals surface area contributed by atoms with E-state index < -0.39 is 0 Å². The highest BCUT2D eigenvalue weighted by Gasteiger charge is 2.23. The summed E-state index contributed by atoms with van der Waals surface area (Å²) >= 11 is 0. The van der Waals surface area contributed by atoms with Crippen molar-refractivity contribution in [2.75, 3.05) is 13.7 Å². The van der Waals surface area contributed by atoms with E-state index in [4.69, 9.17) is 9.47 Å². The molecular formula is C17H22N4O3. The second-order valence-electron chi connectivity index (χ2n) is 5.72. The molecule has 0 radical (unpaired) electrons. The average molecular weight is 330 g/mol. The molecule has 0 aliphatic carbocycles. The molecule has 0 fully saturated rings. The third-order valence-corrected chi connectivity index (χ3v) is 4.10. The first kappa shape index (κ1) is 16.3. The van der Waals surface area contributed by atoms with Crippen LogP contribution in [0, 0.1) is 0 Å². The van der Waals surface area contributed by atoms with Gasteiger partial charge in [-0.25, -0.2) is 0 Å². The maximum absolute atomic E-state index is 12.5. The van der Waals surface area contributed by atoms with Gasteiger partial charge >= 0.3 is 0 Å². The third kappa shape index (κ3) is 3.06. The Bertz CT molecular complexity index is 741. The Hall–Kier alpha value is -2.57. The first-order chi connectivity index (χ1) is 11.6. The van der Waals surface area contributed by atoms with Crippen molar-refractivity contribution in [3.8, 4) is 11.5 Å². The van der Waals surface area contributed by atoms with E-state index in [1.54, 1.807) is 25.3 Å². The van der Waals surface area contributed by atoms with E-state index in [0.717, 1.165) is 31.0 Å². The first-order valence-electron chi connectivity index (χ1n) is 8.17. The second-order valence-corrected chi connectivity index (χ2v) is 5.72. The zero-order chi connectivity index (χ0) is 17.1. The van der Waals surface area contributed by atoms with E-state index in [1.165, 1.54) is 0 Å². The minimum Gasteiger partial charge on any atom is -0.493 e. The van der Waals surface area contributed by atoms with Crippen LogP contribution in [0.15, 0.2) is 18.2 Å². The molecule has 0 bridgehead atoms. The summed E-state index contributed by atoms with van der Waals surface area (Å²) in [4.78, 5) is 12.5. The van der Waals surface area contributed by atoms with Gasteiger partial charge in [0.05, 0.1) is 19.8 Å². The highest BCUT2D eigenvalue weighted by Crippen LogP contribution is 2.28. The van der Waals surface area contributed by atoms with Gasteiger partial charge in [-0.15, -0.1) is 10.2 Å². The molecule has 7 heteroatoms. The lowest BCUT2D eigenvalue weighted by molar-refractivity contribution is 0.0937. The van der Waals surface area contributed by atoms with Gasteiger partial charge in [0.15, 0.2) is 17.3 Å². The summed E-state index contributed by atoms with van der Waals surface area (Å²) in [5.41, 5.74) is 0.517. The highest BCUT2D eigenvalue weighted by atomic mass is 16.5. The van der Waals surface area contributed by atoms with Crippen LogP contribution in [0.4, 0.5) is 0 Å². The molecule has 0 saturated carbocycles. The number of nitrogens with zero attached hydrogens (tertiary/aromatic N) is 3. The number of carbonyl (C=O) groups is 1. The molecule has 1 unspecified atom stereocenters. The molecule has 24 heavy (non-hydrogen) atoms. The number of aromatic nitrogens is 3. The van der Waals surface area contributed by atoms with E-state index in [1.807, 2.05) is 13.8 Å². The molecule has 3 rings (SSSR count). The maximum atomic E-state index is 12.5. The molecule has 1 aromatic heterocycles. The summed E-state index contributed by atoms with van der Waals surface area (Å²) in [6.45, 7) is 5.27. The summed E-state index contributed by atoms with van der Waals surface area (Å²) in [5, 5.41) is 11.4. The Morgan fingerprint density at radius 1 is 1.38 bits per heavy atom. The molecule has 0 spiro atoms. The van der Waals surface area contributed by atoms with Crippen LogP contribution in [-0.4, -0.2) is 34.4 Å². The van der Waals surface area contributed by atoms with Crippen LogP contribution in [0.3, 0.4) is 0 Å². The molecule has 1 amide bonds. The van der Waals surface area contributed by atoms with Crippen molar-refractivity contribution >= 4 is 5.91 Å². The topological polar surface area (TPSA) is 78.3 Å². The number of aryl methyl sites for hydroxylation is 1. The molecule has 1 aliphatic heterocycles. The van der Waals surface area contributed by atoms with E-state index in [0.29, 0.717) is 23.7 Å².